The van der Waals surface area contributed by atoms with Gasteiger partial charge in [0, 0.05) is 17.6 Å². The summed E-state index contributed by atoms with van der Waals surface area (Å²) < 4.78 is 0. The zero-order valence-corrected chi connectivity index (χ0v) is 13.1. The molecule has 0 unspecified atom stereocenters. The molecule has 120 valence electrons. The van der Waals surface area contributed by atoms with Gasteiger partial charge in [0.1, 0.15) is 5.75 Å². The van der Waals surface area contributed by atoms with Crippen molar-refractivity contribution in [3.8, 4) is 5.75 Å². The Morgan fingerprint density at radius 3 is 2.58 bits per heavy atom. The quantitative estimate of drug-likeness (QED) is 0.751. The largest absolute Gasteiger partial charge is 0.507 e. The van der Waals surface area contributed by atoms with Crippen molar-refractivity contribution in [1.82, 2.24) is 4.98 Å². The summed E-state index contributed by atoms with van der Waals surface area (Å²) in [7, 11) is 0. The van der Waals surface area contributed by atoms with Gasteiger partial charge in [-0.15, -0.1) is 0 Å². The molecule has 0 saturated carbocycles. The van der Waals surface area contributed by atoms with Crippen LogP contribution in [-0.2, 0) is 12.8 Å². The van der Waals surface area contributed by atoms with Crippen LogP contribution in [0.1, 0.15) is 21.6 Å². The Kier molecular flexibility index (Phi) is 4.87. The third kappa shape index (κ3) is 3.98. The maximum absolute atomic E-state index is 12.2. The van der Waals surface area contributed by atoms with E-state index in [0.717, 1.165) is 24.1 Å². The topological polar surface area (TPSA) is 62.2 Å². The van der Waals surface area contributed by atoms with Crippen molar-refractivity contribution in [2.75, 3.05) is 5.32 Å². The van der Waals surface area contributed by atoms with Gasteiger partial charge in [-0.05, 0) is 54.8 Å². The fourth-order valence-corrected chi connectivity index (χ4v) is 2.49. The number of benzene rings is 2. The van der Waals surface area contributed by atoms with Gasteiger partial charge in [0.2, 0.25) is 0 Å². The lowest BCUT2D eigenvalue weighted by molar-refractivity contribution is 0.102. The van der Waals surface area contributed by atoms with Crippen molar-refractivity contribution in [3.63, 3.8) is 0 Å². The monoisotopic (exact) mass is 318 g/mol. The predicted molar refractivity (Wildman–Crippen MR) is 94.1 cm³/mol. The first-order chi connectivity index (χ1) is 11.7. The lowest BCUT2D eigenvalue weighted by Gasteiger charge is -2.08. The second-order valence-corrected chi connectivity index (χ2v) is 5.49. The number of phenols is 1. The first kappa shape index (κ1) is 15.7. The number of hydrogen-bond donors (Lipinski definition) is 2. The third-order valence-electron chi connectivity index (χ3n) is 3.73. The van der Waals surface area contributed by atoms with Crippen LogP contribution < -0.4 is 5.32 Å². The third-order valence-corrected chi connectivity index (χ3v) is 3.73. The van der Waals surface area contributed by atoms with Crippen LogP contribution in [0.2, 0.25) is 0 Å². The molecule has 0 fully saturated rings. The highest BCUT2D eigenvalue weighted by atomic mass is 16.3. The molecule has 0 aliphatic carbocycles. The molecule has 0 radical (unpaired) electrons. The fourth-order valence-electron chi connectivity index (χ4n) is 2.49. The summed E-state index contributed by atoms with van der Waals surface area (Å²) >= 11 is 0. The van der Waals surface area contributed by atoms with Crippen LogP contribution in [0.4, 0.5) is 5.69 Å². The van der Waals surface area contributed by atoms with Crippen molar-refractivity contribution in [3.05, 3.63) is 89.7 Å². The number of aromatic nitrogens is 1. The molecule has 0 atom stereocenters. The smallest absolute Gasteiger partial charge is 0.259 e. The number of hydrogen-bond acceptors (Lipinski definition) is 3. The second-order valence-electron chi connectivity index (χ2n) is 5.49. The van der Waals surface area contributed by atoms with E-state index in [9.17, 15) is 9.90 Å². The van der Waals surface area contributed by atoms with Gasteiger partial charge in [0.25, 0.3) is 5.91 Å². The fraction of sp³-hybridized carbons (Fsp3) is 0.100. The summed E-state index contributed by atoms with van der Waals surface area (Å²) in [5.41, 5.74) is 3.13. The predicted octanol–water partition coefficient (Wildman–Crippen LogP) is 3.82. The van der Waals surface area contributed by atoms with Crippen molar-refractivity contribution < 1.29 is 9.90 Å². The average molecular weight is 318 g/mol. The van der Waals surface area contributed by atoms with Gasteiger partial charge in [-0.1, -0.05) is 30.3 Å². The van der Waals surface area contributed by atoms with Gasteiger partial charge < -0.3 is 10.4 Å². The molecule has 0 aliphatic heterocycles. The van der Waals surface area contributed by atoms with Crippen LogP contribution in [0.25, 0.3) is 0 Å². The van der Waals surface area contributed by atoms with E-state index in [4.69, 9.17) is 0 Å². The molecule has 0 bridgehead atoms. The number of para-hydroxylation sites is 1. The first-order valence-electron chi connectivity index (χ1n) is 7.80. The van der Waals surface area contributed by atoms with Crippen LogP contribution in [0.15, 0.2) is 72.9 Å². The van der Waals surface area contributed by atoms with Gasteiger partial charge in [-0.25, -0.2) is 0 Å². The summed E-state index contributed by atoms with van der Waals surface area (Å²) in [6.45, 7) is 0. The maximum Gasteiger partial charge on any atom is 0.259 e. The Morgan fingerprint density at radius 2 is 1.79 bits per heavy atom. The molecule has 4 nitrogen and oxygen atoms in total. The zero-order valence-electron chi connectivity index (χ0n) is 13.1. The summed E-state index contributed by atoms with van der Waals surface area (Å²) in [4.78, 5) is 16.6. The number of pyridine rings is 1. The van der Waals surface area contributed by atoms with Gasteiger partial charge >= 0.3 is 0 Å². The zero-order chi connectivity index (χ0) is 16.8. The summed E-state index contributed by atoms with van der Waals surface area (Å²) in [5.74, 6) is -0.351. The van der Waals surface area contributed by atoms with E-state index < -0.39 is 0 Å². The molecule has 0 spiro atoms. The van der Waals surface area contributed by atoms with E-state index in [2.05, 4.69) is 10.3 Å². The molecule has 1 aromatic heterocycles. The Labute approximate surface area is 140 Å². The van der Waals surface area contributed by atoms with Crippen molar-refractivity contribution in [2.24, 2.45) is 0 Å². The molecule has 1 heterocycles. The Balaban J connectivity index is 1.67. The number of aromatic hydroxyl groups is 1. The maximum atomic E-state index is 12.2. The van der Waals surface area contributed by atoms with E-state index in [1.807, 2.05) is 42.5 Å². The molecule has 3 aromatic rings. The summed E-state index contributed by atoms with van der Waals surface area (Å²) in [5, 5.41) is 12.6. The van der Waals surface area contributed by atoms with Crippen LogP contribution in [-0.4, -0.2) is 16.0 Å². The normalized spacial score (nSPS) is 10.3. The number of rotatable bonds is 5. The number of aryl methyl sites for hydroxylation is 2. The van der Waals surface area contributed by atoms with Crippen LogP contribution in [0.5, 0.6) is 5.75 Å². The molecular formula is C20H18N2O2. The van der Waals surface area contributed by atoms with E-state index >= 15 is 0 Å². The van der Waals surface area contributed by atoms with E-state index in [0.29, 0.717) is 5.69 Å². The van der Waals surface area contributed by atoms with Gasteiger partial charge in [-0.3, -0.25) is 9.78 Å². The van der Waals surface area contributed by atoms with Crippen LogP contribution >= 0.6 is 0 Å². The lowest BCUT2D eigenvalue weighted by atomic mass is 10.1. The lowest BCUT2D eigenvalue weighted by Crippen LogP contribution is -2.12. The summed E-state index contributed by atoms with van der Waals surface area (Å²) in [6, 6.07) is 20.1. The minimum atomic E-state index is -0.324. The Hall–Kier alpha value is -3.14. The number of phenolic OH excluding ortho intramolecular Hbond substituents is 1. The number of nitrogens with one attached hydrogen (secondary N) is 1. The van der Waals surface area contributed by atoms with Crippen LogP contribution in [0.3, 0.4) is 0 Å². The van der Waals surface area contributed by atoms with Crippen LogP contribution in [0, 0.1) is 0 Å². The number of anilines is 1. The molecule has 0 aliphatic rings. The summed E-state index contributed by atoms with van der Waals surface area (Å²) in [6.07, 6.45) is 3.48. The van der Waals surface area contributed by atoms with E-state index in [-0.39, 0.29) is 17.2 Å². The van der Waals surface area contributed by atoms with Crippen molar-refractivity contribution in [2.45, 2.75) is 12.8 Å². The van der Waals surface area contributed by atoms with Gasteiger partial charge in [0.05, 0.1) is 5.56 Å². The molecule has 2 aromatic carbocycles. The van der Waals surface area contributed by atoms with E-state index in [1.165, 1.54) is 6.07 Å². The number of amides is 1. The minimum absolute atomic E-state index is 0.0266. The number of nitrogens with zero attached hydrogens (tertiary/aromatic N) is 1. The molecular weight excluding hydrogens is 300 g/mol. The molecule has 1 amide bonds. The standard InChI is InChI=1S/C20H18N2O2/c23-19-10-2-1-9-18(19)20(24)22-17-8-5-6-15(14-17)11-12-16-7-3-4-13-21-16/h1-10,13-14,23H,11-12H2,(H,22,24). The van der Waals surface area contributed by atoms with Crippen molar-refractivity contribution >= 4 is 11.6 Å². The van der Waals surface area contributed by atoms with E-state index in [1.54, 1.807) is 24.4 Å². The second kappa shape index (κ2) is 7.42. The average Bonchev–Trinajstić information content (AvgIpc) is 2.61. The Bertz CT molecular complexity index is 832. The van der Waals surface area contributed by atoms with Crippen molar-refractivity contribution in [1.29, 1.82) is 0 Å². The molecule has 3 rings (SSSR count). The SMILES string of the molecule is O=C(Nc1cccc(CCc2ccccn2)c1)c1ccccc1O. The number of carbonyl (C=O) groups excluding carboxylic acids is 1. The Morgan fingerprint density at radius 1 is 0.958 bits per heavy atom. The highest BCUT2D eigenvalue weighted by Crippen LogP contribution is 2.19. The molecule has 2 N–H and O–H groups in total. The van der Waals surface area contributed by atoms with Gasteiger partial charge in [0.15, 0.2) is 0 Å². The highest BCUT2D eigenvalue weighted by molar-refractivity contribution is 6.06. The molecule has 0 saturated heterocycles. The molecule has 4 heteroatoms. The molecule has 24 heavy (non-hydrogen) atoms. The minimum Gasteiger partial charge on any atom is -0.507 e. The van der Waals surface area contributed by atoms with Gasteiger partial charge in [-0.2, -0.15) is 0 Å². The first-order valence-corrected chi connectivity index (χ1v) is 7.80. The highest BCUT2D eigenvalue weighted by Gasteiger charge is 2.10. The number of carbonyl (C=O) groups is 1.